The molecule has 0 aliphatic rings. The number of aromatic nitrogens is 2. The van der Waals surface area contributed by atoms with Crippen LogP contribution >= 0.6 is 0 Å². The van der Waals surface area contributed by atoms with Gasteiger partial charge in [0, 0.05) is 25.8 Å². The number of rotatable bonds is 8. The highest BCUT2D eigenvalue weighted by molar-refractivity contribution is 5.42. The predicted molar refractivity (Wildman–Crippen MR) is 93.3 cm³/mol. The van der Waals surface area contributed by atoms with Crippen molar-refractivity contribution < 1.29 is 0 Å². The van der Waals surface area contributed by atoms with Gasteiger partial charge < -0.3 is 10.2 Å². The quantitative estimate of drug-likeness (QED) is 0.799. The maximum atomic E-state index is 4.65. The van der Waals surface area contributed by atoms with Gasteiger partial charge in [0.1, 0.15) is 5.82 Å². The van der Waals surface area contributed by atoms with E-state index < -0.39 is 0 Å². The molecule has 0 unspecified atom stereocenters. The molecular weight excluding hydrogens is 272 g/mol. The Hall–Kier alpha value is -2.10. The molecule has 2 rings (SSSR count). The summed E-state index contributed by atoms with van der Waals surface area (Å²) in [6.07, 6.45) is 4.03. The summed E-state index contributed by atoms with van der Waals surface area (Å²) in [6, 6.07) is 10.5. The molecule has 1 heterocycles. The van der Waals surface area contributed by atoms with Crippen molar-refractivity contribution in [2.24, 2.45) is 0 Å². The second kappa shape index (κ2) is 8.37. The van der Waals surface area contributed by atoms with Crippen LogP contribution in [-0.2, 0) is 6.54 Å². The van der Waals surface area contributed by atoms with Crippen LogP contribution in [0.25, 0.3) is 0 Å². The van der Waals surface area contributed by atoms with E-state index in [-0.39, 0.29) is 0 Å². The fourth-order valence-electron chi connectivity index (χ4n) is 2.35. The fraction of sp³-hybridized carbons (Fsp3) is 0.444. The van der Waals surface area contributed by atoms with E-state index in [1.165, 1.54) is 11.1 Å². The third kappa shape index (κ3) is 4.72. The lowest BCUT2D eigenvalue weighted by molar-refractivity contribution is 0.721. The van der Waals surface area contributed by atoms with Crippen LogP contribution in [0.5, 0.6) is 0 Å². The highest BCUT2D eigenvalue weighted by Gasteiger charge is 2.08. The van der Waals surface area contributed by atoms with Gasteiger partial charge in [0.2, 0.25) is 5.95 Å². The molecule has 0 saturated heterocycles. The molecule has 22 heavy (non-hydrogen) atoms. The molecule has 0 bridgehead atoms. The summed E-state index contributed by atoms with van der Waals surface area (Å²) >= 11 is 0. The first-order valence-corrected chi connectivity index (χ1v) is 8.10. The SMILES string of the molecule is CCCN(CCC)c1nccc(NCc2ccc(C)cc2)n1. The van der Waals surface area contributed by atoms with Crippen molar-refractivity contribution in [1.82, 2.24) is 9.97 Å². The van der Waals surface area contributed by atoms with Gasteiger partial charge in [0.25, 0.3) is 0 Å². The van der Waals surface area contributed by atoms with Crippen LogP contribution < -0.4 is 10.2 Å². The van der Waals surface area contributed by atoms with Gasteiger partial charge in [-0.1, -0.05) is 43.7 Å². The van der Waals surface area contributed by atoms with Gasteiger partial charge in [-0.05, 0) is 31.4 Å². The lowest BCUT2D eigenvalue weighted by Gasteiger charge is -2.21. The van der Waals surface area contributed by atoms with Gasteiger partial charge in [0.15, 0.2) is 0 Å². The van der Waals surface area contributed by atoms with Crippen molar-refractivity contribution in [1.29, 1.82) is 0 Å². The number of hydrogen-bond donors (Lipinski definition) is 1. The monoisotopic (exact) mass is 298 g/mol. The Bertz CT molecular complexity index is 560. The average molecular weight is 298 g/mol. The first-order valence-electron chi connectivity index (χ1n) is 8.10. The number of hydrogen-bond acceptors (Lipinski definition) is 4. The van der Waals surface area contributed by atoms with Crippen molar-refractivity contribution >= 4 is 11.8 Å². The van der Waals surface area contributed by atoms with Crippen molar-refractivity contribution in [2.45, 2.75) is 40.2 Å². The van der Waals surface area contributed by atoms with E-state index in [0.717, 1.165) is 44.2 Å². The van der Waals surface area contributed by atoms with Crippen LogP contribution in [0.3, 0.4) is 0 Å². The largest absolute Gasteiger partial charge is 0.366 e. The first-order chi connectivity index (χ1) is 10.7. The second-order valence-corrected chi connectivity index (χ2v) is 5.57. The van der Waals surface area contributed by atoms with Crippen molar-refractivity contribution in [3.05, 3.63) is 47.7 Å². The van der Waals surface area contributed by atoms with Crippen LogP contribution in [0.2, 0.25) is 0 Å². The van der Waals surface area contributed by atoms with Crippen LogP contribution in [0.15, 0.2) is 36.5 Å². The number of aryl methyl sites for hydroxylation is 1. The third-order valence-corrected chi connectivity index (χ3v) is 3.51. The normalized spacial score (nSPS) is 10.5. The molecule has 0 amide bonds. The maximum absolute atomic E-state index is 4.65. The maximum Gasteiger partial charge on any atom is 0.227 e. The predicted octanol–water partition coefficient (Wildman–Crippen LogP) is 4.02. The molecule has 1 aromatic carbocycles. The summed E-state index contributed by atoms with van der Waals surface area (Å²) in [5.41, 5.74) is 2.53. The van der Waals surface area contributed by atoms with E-state index in [2.05, 4.69) is 65.2 Å². The summed E-state index contributed by atoms with van der Waals surface area (Å²) in [4.78, 5) is 11.3. The Kier molecular flexibility index (Phi) is 6.19. The molecule has 0 spiro atoms. The molecule has 118 valence electrons. The molecule has 0 saturated carbocycles. The van der Waals surface area contributed by atoms with Crippen molar-refractivity contribution in [3.8, 4) is 0 Å². The Morgan fingerprint density at radius 3 is 2.32 bits per heavy atom. The van der Waals surface area contributed by atoms with Gasteiger partial charge in [-0.15, -0.1) is 0 Å². The summed E-state index contributed by atoms with van der Waals surface area (Å²) in [7, 11) is 0. The van der Waals surface area contributed by atoms with Gasteiger partial charge in [-0.3, -0.25) is 0 Å². The average Bonchev–Trinajstić information content (AvgIpc) is 2.54. The minimum atomic E-state index is 0.776. The summed E-state index contributed by atoms with van der Waals surface area (Å²) in [6.45, 7) is 9.23. The smallest absolute Gasteiger partial charge is 0.227 e. The van der Waals surface area contributed by atoms with E-state index in [4.69, 9.17) is 0 Å². The van der Waals surface area contributed by atoms with E-state index in [1.54, 1.807) is 0 Å². The van der Waals surface area contributed by atoms with Crippen molar-refractivity contribution in [3.63, 3.8) is 0 Å². The Labute approximate surface area is 133 Å². The Morgan fingerprint density at radius 2 is 1.68 bits per heavy atom. The summed E-state index contributed by atoms with van der Waals surface area (Å²) < 4.78 is 0. The van der Waals surface area contributed by atoms with E-state index >= 15 is 0 Å². The zero-order valence-corrected chi connectivity index (χ0v) is 13.8. The van der Waals surface area contributed by atoms with Crippen LogP contribution in [0, 0.1) is 6.92 Å². The highest BCUT2D eigenvalue weighted by atomic mass is 15.3. The molecule has 0 radical (unpaired) electrons. The summed E-state index contributed by atoms with van der Waals surface area (Å²) in [5, 5.41) is 3.38. The highest BCUT2D eigenvalue weighted by Crippen LogP contribution is 2.13. The molecule has 4 heteroatoms. The zero-order chi connectivity index (χ0) is 15.8. The standard InChI is InChI=1S/C18H26N4/c1-4-12-22(13-5-2)18-19-11-10-17(21-18)20-14-16-8-6-15(3)7-9-16/h6-11H,4-5,12-14H2,1-3H3,(H,19,20,21). The number of anilines is 2. The molecule has 2 aromatic rings. The Balaban J connectivity index is 2.02. The number of benzene rings is 1. The topological polar surface area (TPSA) is 41.1 Å². The minimum absolute atomic E-state index is 0.776. The van der Waals surface area contributed by atoms with Gasteiger partial charge in [-0.2, -0.15) is 4.98 Å². The van der Waals surface area contributed by atoms with Crippen molar-refractivity contribution in [2.75, 3.05) is 23.3 Å². The molecule has 0 fully saturated rings. The third-order valence-electron chi connectivity index (χ3n) is 3.51. The second-order valence-electron chi connectivity index (χ2n) is 5.57. The van der Waals surface area contributed by atoms with E-state index in [9.17, 15) is 0 Å². The lowest BCUT2D eigenvalue weighted by atomic mass is 10.1. The molecular formula is C18H26N4. The molecule has 0 atom stereocenters. The minimum Gasteiger partial charge on any atom is -0.366 e. The number of nitrogens with zero attached hydrogens (tertiary/aromatic N) is 3. The van der Waals surface area contributed by atoms with Gasteiger partial charge >= 0.3 is 0 Å². The molecule has 1 aromatic heterocycles. The van der Waals surface area contributed by atoms with Gasteiger partial charge in [-0.25, -0.2) is 4.98 Å². The van der Waals surface area contributed by atoms with Crippen LogP contribution in [0.1, 0.15) is 37.8 Å². The summed E-state index contributed by atoms with van der Waals surface area (Å²) in [5.74, 6) is 1.69. The van der Waals surface area contributed by atoms with E-state index in [1.807, 2.05) is 12.3 Å². The van der Waals surface area contributed by atoms with Gasteiger partial charge in [0.05, 0.1) is 0 Å². The fourth-order valence-corrected chi connectivity index (χ4v) is 2.35. The van der Waals surface area contributed by atoms with E-state index in [0.29, 0.717) is 0 Å². The molecule has 4 nitrogen and oxygen atoms in total. The molecule has 0 aliphatic carbocycles. The molecule has 0 aliphatic heterocycles. The first kappa shape index (κ1) is 16.3. The van der Waals surface area contributed by atoms with Crippen LogP contribution in [-0.4, -0.2) is 23.1 Å². The molecule has 1 N–H and O–H groups in total. The van der Waals surface area contributed by atoms with Crippen LogP contribution in [0.4, 0.5) is 11.8 Å². The number of nitrogens with one attached hydrogen (secondary N) is 1. The Morgan fingerprint density at radius 1 is 1.00 bits per heavy atom. The zero-order valence-electron chi connectivity index (χ0n) is 13.8. The lowest BCUT2D eigenvalue weighted by Crippen LogP contribution is -2.27.